The third-order valence-corrected chi connectivity index (χ3v) is 25.2. The van der Waals surface area contributed by atoms with Crippen LogP contribution in [0.1, 0.15) is 137 Å². The van der Waals surface area contributed by atoms with Crippen LogP contribution < -0.4 is 53.0 Å². The minimum Gasteiger partial charge on any atom is -0.405 e. The molecule has 4 radical (unpaired) electrons. The summed E-state index contributed by atoms with van der Waals surface area (Å²) in [5.41, 5.74) is 31.5. The molecule has 830 valence electrons. The number of nitrogens with two attached hydrogens (primary N) is 5. The average molecular weight is 3090 g/mol. The number of hydrogen-bond donors (Lipinski definition) is 11. The van der Waals surface area contributed by atoms with Gasteiger partial charge in [0.15, 0.2) is 0 Å². The number of aliphatic hydroxyl groups is 1. The number of nitro benzene ring substituents is 2. The fourth-order valence-corrected chi connectivity index (χ4v) is 15.2. The van der Waals surface area contributed by atoms with Gasteiger partial charge in [-0.2, -0.15) is 17.9 Å². The van der Waals surface area contributed by atoms with Crippen LogP contribution in [0.25, 0.3) is 22.3 Å². The quantitative estimate of drug-likeness (QED) is 0.00523. The van der Waals surface area contributed by atoms with Gasteiger partial charge < -0.3 is 112 Å². The zero-order valence-corrected chi connectivity index (χ0v) is 109. The Kier molecular flexibility index (Phi) is 74.2. The molecule has 0 atom stereocenters. The molecule has 4 heterocycles. The van der Waals surface area contributed by atoms with E-state index in [1.807, 2.05) is 91.6 Å². The van der Waals surface area contributed by atoms with Crippen molar-refractivity contribution in [1.29, 1.82) is 5.26 Å². The van der Waals surface area contributed by atoms with E-state index in [1.165, 1.54) is 123 Å². The predicted octanol–water partition coefficient (Wildman–Crippen LogP) is 21.7. The maximum atomic E-state index is 13.8. The van der Waals surface area contributed by atoms with E-state index >= 15 is 0 Å². The fourth-order valence-electron chi connectivity index (χ4n) is 11.6. The van der Waals surface area contributed by atoms with Crippen molar-refractivity contribution in [2.75, 3.05) is 74.5 Å². The Morgan fingerprint density at radius 1 is 0.467 bits per heavy atom. The number of hydrogen-bond acceptors (Lipinski definition) is 27. The second-order valence-electron chi connectivity index (χ2n) is 33.7. The number of nitro groups is 2. The smallest absolute Gasteiger partial charge is 0.405 e. The standard InChI is InChI=1S/C14H21BFNO4S.C14H14FN3O4S.C14H16FN3O2S.C12H24B2O4.C8H9BrFNO2S.C7H7BrFN.C7H3BrFN.C6H5BrN2O2.C4H8O.CH3B.CI3.CHI2.CH4O.CH4S.CH4.2V/c1-13(2)14(3,4)21-15(20-13)11-6-10(7-12(16)8-11)9-17-22(5,18)19;1-23(21,22)17-8-9-5-10(7-11(15)6-9)12-3-2-4-13(14(12)16)18(19)20;1-21(19,20)18-8-9-5-10(7-11(15)6-9)12-3-2-4-13(16)14(12)17;1-9(2)10(3,4)16-13(15-9)14-17-11(5,6)12(7,8)18-14;1-14(12,13)11-5-6-2-7(9)4-8(10)3-6;2*8-6-1-5(4-10)2-7(9)3-6;7-4-2-1-3-5(6(4)8)9(10)11;1-2-4-5-3-1;1-2;2-1(3)4;2-1-3;2*1-2;;;/h6-8,17H,9H2,1-5H3;2-7,17H,8,16H2,1H3;2-7,18H,8,16-17H2,1H3;1-8H3;2-4,11H,5H2,1H3;1-3H,4,10H2;1-3H;1-3H,8H2;1-4H2;1H3;;1H;2*2H,1H3;1H4;;/q;;;;;;;;;;2*-1;;;;;. The molecule has 9 aromatic carbocycles. The Balaban J connectivity index is -0.000000801. The molecule has 4 saturated heterocycles. The number of aliphatic hydroxyl groups excluding tert-OH is 1. The Labute approximate surface area is 1010 Å². The number of nitriles is 1. The summed E-state index contributed by atoms with van der Waals surface area (Å²) in [6.07, 6.45) is 8.40. The van der Waals surface area contributed by atoms with Gasteiger partial charge in [-0.1, -0.05) is 98.4 Å². The normalized spacial score (nSPS) is 14.5. The zero-order valence-electron chi connectivity index (χ0n) is 84.4. The van der Waals surface area contributed by atoms with Crippen LogP contribution in [0, 0.1) is 68.8 Å². The first kappa shape index (κ1) is 153. The van der Waals surface area contributed by atoms with Gasteiger partial charge >= 0.3 is 21.1 Å². The first-order valence-corrected chi connectivity index (χ1v) is 60.1. The van der Waals surface area contributed by atoms with Gasteiger partial charge in [0.05, 0.1) is 99.3 Å². The Bertz CT molecular complexity index is 6140. The first-order chi connectivity index (χ1) is 67.8. The van der Waals surface area contributed by atoms with Crippen molar-refractivity contribution in [3.8, 4) is 28.3 Å². The number of rotatable bonds is 19. The molecule has 4 aliphatic rings. The summed E-state index contributed by atoms with van der Waals surface area (Å²) in [6.45, 7) is 27.8. The number of nitrogen functional groups attached to an aromatic ring is 4. The topological polar surface area (TPSA) is 510 Å². The molecule has 0 aromatic heterocycles. The summed E-state index contributed by atoms with van der Waals surface area (Å²) in [7, 11) is -9.48. The van der Waals surface area contributed by atoms with Crippen molar-refractivity contribution in [3.63, 3.8) is 0 Å². The van der Waals surface area contributed by atoms with Crippen LogP contribution in [-0.4, -0.2) is 163 Å². The van der Waals surface area contributed by atoms with E-state index in [0.717, 1.165) is 55.4 Å². The molecule has 0 saturated carbocycles. The Morgan fingerprint density at radius 3 is 1.05 bits per heavy atom. The van der Waals surface area contributed by atoms with Gasteiger partial charge in [0.2, 0.25) is 40.1 Å². The number of halogens is 15. The molecule has 0 aliphatic carbocycles. The number of nitrogens with zero attached hydrogens (tertiary/aromatic N) is 3. The molecule has 150 heavy (non-hydrogen) atoms. The summed E-state index contributed by atoms with van der Waals surface area (Å²) in [4.78, 5) is 20.1. The maximum Gasteiger partial charge on any atom is 0.494 e. The number of anilines is 4. The van der Waals surface area contributed by atoms with Gasteiger partial charge in [-0.3, -0.25) is 88.0 Å². The summed E-state index contributed by atoms with van der Waals surface area (Å²) in [5.74, 6) is -2.58. The van der Waals surface area contributed by atoms with E-state index in [1.54, 1.807) is 66.9 Å². The summed E-state index contributed by atoms with van der Waals surface area (Å²) in [5, 5.41) is 36.6. The van der Waals surface area contributed by atoms with Gasteiger partial charge in [0, 0.05) is 131 Å². The van der Waals surface area contributed by atoms with E-state index in [4.69, 9.17) is 71.7 Å². The van der Waals surface area contributed by atoms with E-state index < -0.39 is 111 Å². The van der Waals surface area contributed by atoms with Crippen molar-refractivity contribution in [2.24, 2.45) is 5.73 Å². The molecular weight excluding hydrogens is 2970 g/mol. The molecule has 0 bridgehead atoms. The number of ether oxygens (including phenoxy) is 1. The third kappa shape index (κ3) is 59.2. The average Bonchev–Trinajstić information content (AvgIpc) is 1.59. The van der Waals surface area contributed by atoms with Crippen LogP contribution in [0.5, 0.6) is 0 Å². The van der Waals surface area contributed by atoms with E-state index in [-0.39, 0.29) is 122 Å². The largest absolute Gasteiger partial charge is 0.494 e. The van der Waals surface area contributed by atoms with Gasteiger partial charge in [-0.15, -0.1) is -0.0619 Å². The summed E-state index contributed by atoms with van der Waals surface area (Å²) in [6, 6.07) is 41.1. The van der Waals surface area contributed by atoms with Gasteiger partial charge in [0.1, 0.15) is 46.3 Å². The zero-order chi connectivity index (χ0) is 114. The summed E-state index contributed by atoms with van der Waals surface area (Å²) >= 11 is 26.9. The SMILES string of the molecule is C.C1CCOC1.CC1(C)OB(B2OC(C)(C)C(C)(C)O2)OC1(C)C.CC1(C)OB(c2cc(F)cc(CNS(C)(=O)=O)c2)OC1(C)C.CO.CS.CS(=O)(=O)NCc1cc(F)cc(-c2cccc(N)c2N)c1.CS(=O)(=O)NCc1cc(F)cc(-c2cccc([N+](=O)[O-])c2N)c1.CS(=O)(=O)NCc1cc(F)cc(Br)c1.I[C-](I)I.I[CH-]I.N#Cc1cc(F)cc(Br)c1.NCc1cc(F)cc(Br)c1.Nc1c(Br)cccc1[N+](=O)[O-].[B]C.[V].[V]. The van der Waals surface area contributed by atoms with Crippen molar-refractivity contribution >= 4 is 298 Å². The van der Waals surface area contributed by atoms with E-state index in [0.29, 0.717) is 86.9 Å². The monoisotopic (exact) mass is 3090 g/mol. The predicted molar refractivity (Wildman–Crippen MR) is 644 cm³/mol. The number of sulfonamides is 4. The minimum atomic E-state index is -3.43. The molecule has 0 amide bonds. The van der Waals surface area contributed by atoms with Crippen molar-refractivity contribution in [1.82, 2.24) is 18.9 Å². The van der Waals surface area contributed by atoms with E-state index in [9.17, 15) is 80.2 Å². The Morgan fingerprint density at radius 2 is 0.747 bits per heavy atom. The molecule has 15 N–H and O–H groups in total. The molecule has 4 aliphatic heterocycles. The van der Waals surface area contributed by atoms with Gasteiger partial charge in [-0.25, -0.2) is 81.3 Å². The number of para-hydroxylation sites is 3. The van der Waals surface area contributed by atoms with E-state index in [2.05, 4.69) is 216 Å². The second kappa shape index (κ2) is 72.8. The third-order valence-electron chi connectivity index (χ3n) is 20.5. The van der Waals surface area contributed by atoms with Crippen molar-refractivity contribution in [3.05, 3.63) is 273 Å². The van der Waals surface area contributed by atoms with Crippen LogP contribution in [0.15, 0.2) is 182 Å². The van der Waals surface area contributed by atoms with Crippen LogP contribution in [0.4, 0.5) is 60.5 Å². The molecule has 9 aromatic rings. The molecule has 0 unspecified atom stereocenters. The number of nitrogens with one attached hydrogen (secondary N) is 4. The van der Waals surface area contributed by atoms with Crippen molar-refractivity contribution in [2.45, 2.75) is 177 Å². The van der Waals surface area contributed by atoms with Crippen LogP contribution in [-0.2, 0) is 143 Å². The second-order valence-corrected chi connectivity index (χ2v) is 57.7. The first-order valence-electron chi connectivity index (χ1n) is 42.8. The molecule has 58 heteroatoms. The molecule has 13 rings (SSSR count). The summed E-state index contributed by atoms with van der Waals surface area (Å²) < 4.78 is 223. The minimum absolute atomic E-state index is 0. The molecule has 4 fully saturated rings. The fraction of sp³-hybridized carbons (Fsp3) is 0.380. The van der Waals surface area contributed by atoms with Crippen LogP contribution >= 0.6 is 189 Å². The number of benzene rings is 9. The Hall–Kier alpha value is -3.32. The molecular formula is C92H123B4Br4F6I5N12O20S5V2-2. The number of thiol groups is 1. The van der Waals surface area contributed by atoms with Crippen LogP contribution in [0.2, 0.25) is 6.82 Å². The maximum absolute atomic E-state index is 13.8. The van der Waals surface area contributed by atoms with Gasteiger partial charge in [0.25, 0.3) is 11.4 Å². The van der Waals surface area contributed by atoms with Crippen molar-refractivity contribution < 1.29 is 145 Å². The van der Waals surface area contributed by atoms with Gasteiger partial charge in [-0.05, 0) is 278 Å². The molecule has 32 nitrogen and oxygen atoms in total. The van der Waals surface area contributed by atoms with Crippen LogP contribution in [0.3, 0.4) is 0 Å². The molecule has 0 spiro atoms.